The fraction of sp³-hybridized carbons (Fsp3) is 0.556. The molecule has 1 aromatic carbocycles. The minimum atomic E-state index is -0.310. The summed E-state index contributed by atoms with van der Waals surface area (Å²) in [4.78, 5) is 20.2. The molecule has 2 bridgehead atoms. The molecule has 2 N–H and O–H groups in total. The molecule has 3 fully saturated rings. The van der Waals surface area contributed by atoms with Crippen molar-refractivity contribution in [2.24, 2.45) is 11.8 Å². The van der Waals surface area contributed by atoms with E-state index in [4.69, 9.17) is 4.74 Å². The first-order chi connectivity index (χ1) is 15.8. The number of ether oxygens (including phenoxy) is 1. The van der Waals surface area contributed by atoms with Crippen molar-refractivity contribution < 1.29 is 9.53 Å². The van der Waals surface area contributed by atoms with E-state index in [2.05, 4.69) is 52.2 Å². The van der Waals surface area contributed by atoms with E-state index in [-0.39, 0.29) is 23.7 Å². The number of fused-ring (bicyclic) bond motifs is 4. The summed E-state index contributed by atoms with van der Waals surface area (Å²) in [7, 11) is 0. The third kappa shape index (κ3) is 5.32. The largest absolute Gasteiger partial charge is 0.494 e. The number of rotatable bonds is 7. The highest BCUT2D eigenvalue weighted by atomic mass is 16.5. The normalized spacial score (nSPS) is 25.5. The third-order valence-electron chi connectivity index (χ3n) is 6.87. The van der Waals surface area contributed by atoms with Gasteiger partial charge in [-0.15, -0.1) is 6.58 Å². The lowest BCUT2D eigenvalue weighted by Crippen LogP contribution is -2.59. The first-order valence-electron chi connectivity index (χ1n) is 12.3. The van der Waals surface area contributed by atoms with Gasteiger partial charge < -0.3 is 15.4 Å². The van der Waals surface area contributed by atoms with Crippen LogP contribution in [0.25, 0.3) is 10.9 Å². The van der Waals surface area contributed by atoms with E-state index in [0.29, 0.717) is 18.4 Å². The summed E-state index contributed by atoms with van der Waals surface area (Å²) in [5.74, 6) is 1.99. The molecule has 1 aromatic heterocycles. The molecule has 5 rings (SSSR count). The molecular weight excluding hydrogens is 412 g/mol. The molecular formula is C27H38N4O2. The van der Waals surface area contributed by atoms with Gasteiger partial charge in [0.15, 0.2) is 0 Å². The number of nitrogens with one attached hydrogen (secondary N) is 2. The van der Waals surface area contributed by atoms with Crippen LogP contribution < -0.4 is 15.4 Å². The van der Waals surface area contributed by atoms with Crippen LogP contribution in [0.2, 0.25) is 0 Å². The molecule has 0 saturated carbocycles. The summed E-state index contributed by atoms with van der Waals surface area (Å²) in [5, 5.41) is 7.47. The molecule has 6 heteroatoms. The molecule has 3 aliphatic heterocycles. The van der Waals surface area contributed by atoms with E-state index in [1.165, 1.54) is 6.42 Å². The molecule has 0 radical (unpaired) electrons. The number of nitrogens with zero attached hydrogens (tertiary/aromatic N) is 2. The smallest absolute Gasteiger partial charge is 0.315 e. The van der Waals surface area contributed by atoms with E-state index in [1.807, 2.05) is 39.1 Å². The van der Waals surface area contributed by atoms with Gasteiger partial charge in [0.05, 0.1) is 18.2 Å². The van der Waals surface area contributed by atoms with Gasteiger partial charge in [0.25, 0.3) is 0 Å². The van der Waals surface area contributed by atoms with E-state index in [9.17, 15) is 4.79 Å². The molecule has 2 aromatic rings. The number of hydrogen-bond donors (Lipinski definition) is 2. The van der Waals surface area contributed by atoms with E-state index in [1.54, 1.807) is 0 Å². The summed E-state index contributed by atoms with van der Waals surface area (Å²) in [6.07, 6.45) is 7.16. The second-order valence-electron chi connectivity index (χ2n) is 10.5. The third-order valence-corrected chi connectivity index (χ3v) is 6.87. The summed E-state index contributed by atoms with van der Waals surface area (Å²) in [6, 6.07) is 8.07. The first kappa shape index (κ1) is 23.6. The van der Waals surface area contributed by atoms with Crippen LogP contribution in [0.5, 0.6) is 5.75 Å². The summed E-state index contributed by atoms with van der Waals surface area (Å²) in [6.45, 7) is 14.9. The average Bonchev–Trinajstić information content (AvgIpc) is 2.79. The Balaban J connectivity index is 1.72. The number of piperidine rings is 3. The molecule has 5 atom stereocenters. The quantitative estimate of drug-likeness (QED) is 0.579. The SMILES string of the molecule is C=C[C@H]1CN2CC[C@H]1C[C@H]2[C@H](NC(=O)NC(C)(C)C)c1ccnc2ccc(OCCC)cc12. The van der Waals surface area contributed by atoms with Gasteiger partial charge in [-0.3, -0.25) is 9.88 Å². The Hall–Kier alpha value is -2.60. The zero-order valence-electron chi connectivity index (χ0n) is 20.4. The molecule has 178 valence electrons. The van der Waals surface area contributed by atoms with E-state index in [0.717, 1.165) is 48.1 Å². The highest BCUT2D eigenvalue weighted by molar-refractivity contribution is 5.85. The van der Waals surface area contributed by atoms with Crippen molar-refractivity contribution >= 4 is 16.9 Å². The molecule has 0 aliphatic carbocycles. The van der Waals surface area contributed by atoms with Crippen molar-refractivity contribution in [3.63, 3.8) is 0 Å². The zero-order chi connectivity index (χ0) is 23.6. The van der Waals surface area contributed by atoms with E-state index >= 15 is 0 Å². The highest BCUT2D eigenvalue weighted by Gasteiger charge is 2.43. The number of carbonyl (C=O) groups is 1. The Bertz CT molecular complexity index is 999. The molecule has 6 nitrogen and oxygen atoms in total. The Labute approximate surface area is 197 Å². The Morgan fingerprint density at radius 2 is 2.18 bits per heavy atom. The lowest BCUT2D eigenvalue weighted by molar-refractivity contribution is 0.00301. The highest BCUT2D eigenvalue weighted by Crippen LogP contribution is 2.42. The van der Waals surface area contributed by atoms with Crippen molar-refractivity contribution in [3.05, 3.63) is 48.7 Å². The summed E-state index contributed by atoms with van der Waals surface area (Å²) < 4.78 is 5.92. The van der Waals surface area contributed by atoms with Gasteiger partial charge >= 0.3 is 6.03 Å². The van der Waals surface area contributed by atoms with Gasteiger partial charge in [0.2, 0.25) is 0 Å². The Morgan fingerprint density at radius 1 is 1.36 bits per heavy atom. The second-order valence-corrected chi connectivity index (χ2v) is 10.5. The van der Waals surface area contributed by atoms with Crippen LogP contribution >= 0.6 is 0 Å². The number of aromatic nitrogens is 1. The molecule has 3 saturated heterocycles. The van der Waals surface area contributed by atoms with Crippen LogP contribution in [0, 0.1) is 11.8 Å². The molecule has 1 unspecified atom stereocenters. The Morgan fingerprint density at radius 3 is 2.85 bits per heavy atom. The van der Waals surface area contributed by atoms with Crippen LogP contribution in [-0.4, -0.2) is 47.2 Å². The zero-order valence-corrected chi connectivity index (χ0v) is 20.4. The maximum Gasteiger partial charge on any atom is 0.315 e. The lowest BCUT2D eigenvalue weighted by atomic mass is 9.73. The maximum absolute atomic E-state index is 13.1. The Kier molecular flexibility index (Phi) is 6.94. The van der Waals surface area contributed by atoms with Crippen molar-refractivity contribution in [1.29, 1.82) is 0 Å². The average molecular weight is 451 g/mol. The van der Waals surface area contributed by atoms with Gasteiger partial charge in [-0.25, -0.2) is 4.79 Å². The van der Waals surface area contributed by atoms with Crippen LogP contribution in [0.3, 0.4) is 0 Å². The second kappa shape index (κ2) is 9.72. The fourth-order valence-electron chi connectivity index (χ4n) is 5.35. The number of carbonyl (C=O) groups excluding carboxylic acids is 1. The number of urea groups is 1. The minimum absolute atomic E-state index is 0.140. The molecule has 33 heavy (non-hydrogen) atoms. The number of benzene rings is 1. The monoisotopic (exact) mass is 450 g/mol. The maximum atomic E-state index is 13.1. The predicted octanol–water partition coefficient (Wildman–Crippen LogP) is 5.06. The standard InChI is InChI=1S/C27H38N4O2/c1-6-14-33-20-8-9-23-22(16-20)21(10-12-28-23)25(29-26(32)30-27(3,4)5)24-15-19-11-13-31(24)17-18(19)7-2/h7-10,12,16,18-19,24-25H,2,6,11,13-15,17H2,1,3-5H3,(H2,29,30,32)/t18-,19-,24-,25+/m0/s1. The first-order valence-corrected chi connectivity index (χ1v) is 12.3. The summed E-state index contributed by atoms with van der Waals surface area (Å²) in [5.41, 5.74) is 1.70. The molecule has 4 heterocycles. The molecule has 2 amide bonds. The van der Waals surface area contributed by atoms with Crippen molar-refractivity contribution in [2.45, 2.75) is 64.6 Å². The van der Waals surface area contributed by atoms with Crippen LogP contribution in [0.4, 0.5) is 4.79 Å². The van der Waals surface area contributed by atoms with Crippen molar-refractivity contribution in [3.8, 4) is 5.75 Å². The summed E-state index contributed by atoms with van der Waals surface area (Å²) >= 11 is 0. The van der Waals surface area contributed by atoms with Crippen LogP contribution in [-0.2, 0) is 0 Å². The van der Waals surface area contributed by atoms with Gasteiger partial charge in [-0.2, -0.15) is 0 Å². The van der Waals surface area contributed by atoms with Gasteiger partial charge in [0.1, 0.15) is 5.75 Å². The lowest BCUT2D eigenvalue weighted by Gasteiger charge is -2.51. The number of hydrogen-bond acceptors (Lipinski definition) is 4. The topological polar surface area (TPSA) is 66.5 Å². The molecule has 3 aliphatic rings. The minimum Gasteiger partial charge on any atom is -0.494 e. The van der Waals surface area contributed by atoms with Crippen molar-refractivity contribution in [1.82, 2.24) is 20.5 Å². The van der Waals surface area contributed by atoms with E-state index < -0.39 is 0 Å². The fourth-order valence-corrected chi connectivity index (χ4v) is 5.35. The van der Waals surface area contributed by atoms with Crippen LogP contribution in [0.1, 0.15) is 58.6 Å². The van der Waals surface area contributed by atoms with Gasteiger partial charge in [-0.05, 0) is 88.2 Å². The van der Waals surface area contributed by atoms with Gasteiger partial charge in [0, 0.05) is 29.7 Å². The van der Waals surface area contributed by atoms with Crippen molar-refractivity contribution in [2.75, 3.05) is 19.7 Å². The van der Waals surface area contributed by atoms with Crippen LogP contribution in [0.15, 0.2) is 43.1 Å². The number of pyridine rings is 1. The predicted molar refractivity (Wildman–Crippen MR) is 133 cm³/mol. The van der Waals surface area contributed by atoms with Gasteiger partial charge in [-0.1, -0.05) is 13.0 Å². The number of amides is 2. The molecule has 0 spiro atoms.